The highest BCUT2D eigenvalue weighted by molar-refractivity contribution is 6.00. The summed E-state index contributed by atoms with van der Waals surface area (Å²) >= 11 is 0. The van der Waals surface area contributed by atoms with Gasteiger partial charge in [0.05, 0.1) is 19.7 Å². The molecule has 3 aliphatic rings. The van der Waals surface area contributed by atoms with Crippen LogP contribution in [0.3, 0.4) is 0 Å². The van der Waals surface area contributed by atoms with Gasteiger partial charge in [-0.3, -0.25) is 14.4 Å². The molecule has 1 unspecified atom stereocenters. The van der Waals surface area contributed by atoms with E-state index in [0.717, 1.165) is 30.6 Å². The van der Waals surface area contributed by atoms with Gasteiger partial charge in [0.2, 0.25) is 5.91 Å². The van der Waals surface area contributed by atoms with Crippen LogP contribution in [-0.2, 0) is 27.3 Å². The molecule has 0 aromatic heterocycles. The van der Waals surface area contributed by atoms with E-state index in [2.05, 4.69) is 6.07 Å². The molecule has 1 spiro atoms. The van der Waals surface area contributed by atoms with Crippen LogP contribution >= 0.6 is 0 Å². The number of likely N-dealkylation sites (N-methyl/N-ethyl adjacent to an activating group) is 1. The number of hydrogen-bond donors (Lipinski definition) is 0. The van der Waals surface area contributed by atoms with Crippen LogP contribution in [0, 0.1) is 0 Å². The molecule has 8 heteroatoms. The molecule has 196 valence electrons. The van der Waals surface area contributed by atoms with Gasteiger partial charge in [-0.05, 0) is 55.9 Å². The fourth-order valence-corrected chi connectivity index (χ4v) is 5.62. The van der Waals surface area contributed by atoms with Gasteiger partial charge in [-0.2, -0.15) is 0 Å². The van der Waals surface area contributed by atoms with E-state index in [9.17, 15) is 14.4 Å². The van der Waals surface area contributed by atoms with Crippen molar-refractivity contribution in [2.24, 2.45) is 0 Å². The minimum absolute atomic E-state index is 0.0000993. The monoisotopic (exact) mass is 505 g/mol. The van der Waals surface area contributed by atoms with Gasteiger partial charge in [0, 0.05) is 25.2 Å². The molecule has 3 aliphatic heterocycles. The maximum absolute atomic E-state index is 13.9. The molecule has 0 saturated carbocycles. The van der Waals surface area contributed by atoms with E-state index in [-0.39, 0.29) is 30.8 Å². The lowest BCUT2D eigenvalue weighted by Crippen LogP contribution is -2.62. The van der Waals surface area contributed by atoms with Gasteiger partial charge in [0.1, 0.15) is 18.9 Å². The Morgan fingerprint density at radius 3 is 2.54 bits per heavy atom. The van der Waals surface area contributed by atoms with Crippen molar-refractivity contribution in [2.45, 2.75) is 44.8 Å². The topological polar surface area (TPSA) is 79.4 Å². The van der Waals surface area contributed by atoms with Gasteiger partial charge in [-0.15, -0.1) is 0 Å². The summed E-state index contributed by atoms with van der Waals surface area (Å²) in [5.41, 5.74) is 1.69. The minimum Gasteiger partial charge on any atom is -0.491 e. The normalized spacial score (nSPS) is 22.7. The van der Waals surface area contributed by atoms with E-state index >= 15 is 0 Å². The molecule has 8 nitrogen and oxygen atoms in total. The van der Waals surface area contributed by atoms with Gasteiger partial charge in [0.15, 0.2) is 5.60 Å². The number of rotatable bonds is 3. The van der Waals surface area contributed by atoms with Crippen LogP contribution in [0.4, 0.5) is 0 Å². The smallest absolute Gasteiger partial charge is 0.256 e. The Morgan fingerprint density at radius 1 is 0.946 bits per heavy atom. The number of ether oxygens (including phenoxy) is 2. The van der Waals surface area contributed by atoms with Gasteiger partial charge in [0.25, 0.3) is 11.8 Å². The third kappa shape index (κ3) is 5.21. The van der Waals surface area contributed by atoms with Crippen molar-refractivity contribution >= 4 is 17.7 Å². The fourth-order valence-electron chi connectivity index (χ4n) is 5.62. The first kappa shape index (κ1) is 25.3. The lowest BCUT2D eigenvalue weighted by molar-refractivity contribution is -0.176. The second kappa shape index (κ2) is 10.9. The number of amides is 3. The summed E-state index contributed by atoms with van der Waals surface area (Å²) in [5.74, 6) is 0.523. The molecule has 3 heterocycles. The predicted molar refractivity (Wildman–Crippen MR) is 138 cm³/mol. The van der Waals surface area contributed by atoms with Gasteiger partial charge >= 0.3 is 0 Å². The highest BCUT2D eigenvalue weighted by Gasteiger charge is 2.46. The number of aryl methyl sites for hydroxylation is 1. The van der Waals surface area contributed by atoms with Crippen LogP contribution < -0.4 is 4.74 Å². The number of morpholine rings is 1. The lowest BCUT2D eigenvalue weighted by atomic mass is 9.91. The lowest BCUT2D eigenvalue weighted by Gasteiger charge is -2.44. The Bertz CT molecular complexity index is 1170. The summed E-state index contributed by atoms with van der Waals surface area (Å²) in [7, 11) is 0. The quantitative estimate of drug-likeness (QED) is 0.641. The Kier molecular flexibility index (Phi) is 7.46. The Labute approximate surface area is 218 Å². The third-order valence-electron chi connectivity index (χ3n) is 7.69. The Hall–Kier alpha value is -3.39. The van der Waals surface area contributed by atoms with E-state index in [1.54, 1.807) is 20.8 Å². The molecule has 0 aliphatic carbocycles. The summed E-state index contributed by atoms with van der Waals surface area (Å²) in [6, 6.07) is 15.5. The first-order chi connectivity index (χ1) is 18.0. The molecular formula is C29H35N3O5. The van der Waals surface area contributed by atoms with E-state index < -0.39 is 5.60 Å². The summed E-state index contributed by atoms with van der Waals surface area (Å²) in [4.78, 5) is 45.1. The summed E-state index contributed by atoms with van der Waals surface area (Å²) < 4.78 is 12.3. The maximum Gasteiger partial charge on any atom is 0.256 e. The molecule has 1 fully saturated rings. The molecule has 37 heavy (non-hydrogen) atoms. The van der Waals surface area contributed by atoms with E-state index in [1.165, 1.54) is 5.56 Å². The maximum atomic E-state index is 13.9. The predicted octanol–water partition coefficient (Wildman–Crippen LogP) is 2.89. The van der Waals surface area contributed by atoms with Crippen molar-refractivity contribution in [3.8, 4) is 5.75 Å². The number of para-hydroxylation sites is 1. The van der Waals surface area contributed by atoms with Crippen molar-refractivity contribution in [2.75, 3.05) is 45.9 Å². The van der Waals surface area contributed by atoms with Crippen LogP contribution in [0.25, 0.3) is 0 Å². The van der Waals surface area contributed by atoms with Crippen molar-refractivity contribution < 1.29 is 23.9 Å². The SMILES string of the molecule is CCN1CCOc2ccccc2CCCCC2(CN(C(=O)CN3Cc4ccccc4C3=O)CCO2)C1=O. The van der Waals surface area contributed by atoms with Crippen molar-refractivity contribution in [1.29, 1.82) is 0 Å². The van der Waals surface area contributed by atoms with Crippen LogP contribution in [0.2, 0.25) is 0 Å². The number of fused-ring (bicyclic) bond motifs is 2. The van der Waals surface area contributed by atoms with E-state index in [1.807, 2.05) is 43.3 Å². The van der Waals surface area contributed by atoms with Crippen LogP contribution in [0.1, 0.15) is 47.7 Å². The first-order valence-corrected chi connectivity index (χ1v) is 13.3. The average Bonchev–Trinajstić information content (AvgIpc) is 3.24. The zero-order valence-electron chi connectivity index (χ0n) is 21.5. The molecule has 2 aromatic carbocycles. The van der Waals surface area contributed by atoms with Crippen molar-refractivity contribution in [1.82, 2.24) is 14.7 Å². The second-order valence-electron chi connectivity index (χ2n) is 10.0. The molecule has 1 saturated heterocycles. The van der Waals surface area contributed by atoms with Crippen molar-refractivity contribution in [3.05, 3.63) is 65.2 Å². The zero-order chi connectivity index (χ0) is 25.8. The van der Waals surface area contributed by atoms with Crippen LogP contribution in [-0.4, -0.2) is 84.0 Å². The highest BCUT2D eigenvalue weighted by Crippen LogP contribution is 2.30. The summed E-state index contributed by atoms with van der Waals surface area (Å²) in [6.45, 7) is 4.66. The zero-order valence-corrected chi connectivity index (χ0v) is 21.5. The van der Waals surface area contributed by atoms with E-state index in [4.69, 9.17) is 9.47 Å². The largest absolute Gasteiger partial charge is 0.491 e. The van der Waals surface area contributed by atoms with Crippen LogP contribution in [0.5, 0.6) is 5.75 Å². The number of hydrogen-bond acceptors (Lipinski definition) is 5. The molecule has 3 amide bonds. The first-order valence-electron chi connectivity index (χ1n) is 13.3. The third-order valence-corrected chi connectivity index (χ3v) is 7.69. The average molecular weight is 506 g/mol. The summed E-state index contributed by atoms with van der Waals surface area (Å²) in [6.07, 6.45) is 3.08. The number of benzene rings is 2. The summed E-state index contributed by atoms with van der Waals surface area (Å²) in [5, 5.41) is 0. The molecular weight excluding hydrogens is 470 g/mol. The molecule has 0 N–H and O–H groups in total. The molecule has 5 rings (SSSR count). The Balaban J connectivity index is 1.30. The number of carbonyl (C=O) groups excluding carboxylic acids is 3. The highest BCUT2D eigenvalue weighted by atomic mass is 16.5. The van der Waals surface area contributed by atoms with Gasteiger partial charge < -0.3 is 24.2 Å². The molecule has 0 bridgehead atoms. The molecule has 0 radical (unpaired) electrons. The molecule has 1 atom stereocenters. The fraction of sp³-hybridized carbons (Fsp3) is 0.483. The second-order valence-corrected chi connectivity index (χ2v) is 10.0. The minimum atomic E-state index is -1.08. The van der Waals surface area contributed by atoms with Crippen LogP contribution in [0.15, 0.2) is 48.5 Å². The van der Waals surface area contributed by atoms with E-state index in [0.29, 0.717) is 51.4 Å². The van der Waals surface area contributed by atoms with Gasteiger partial charge in [-0.25, -0.2) is 0 Å². The van der Waals surface area contributed by atoms with Crippen molar-refractivity contribution in [3.63, 3.8) is 0 Å². The number of carbonyl (C=O) groups is 3. The van der Waals surface area contributed by atoms with Gasteiger partial charge in [-0.1, -0.05) is 36.4 Å². The standard InChI is InChI=1S/C29H35N3O5/c1-2-30-15-17-36-25-13-6-4-9-22(25)10-7-8-14-29(28(30)35)21-31(16-18-37-29)26(33)20-32-19-23-11-3-5-12-24(23)27(32)34/h3-6,9,11-13H,2,7-8,10,14-21H2,1H3. The Morgan fingerprint density at radius 2 is 1.73 bits per heavy atom. The number of nitrogens with zero attached hydrogens (tertiary/aromatic N) is 3. The molecule has 2 aromatic rings.